The summed E-state index contributed by atoms with van der Waals surface area (Å²) in [5.41, 5.74) is 2.36. The predicted octanol–water partition coefficient (Wildman–Crippen LogP) is 3.77. The highest BCUT2D eigenvalue weighted by atomic mass is 28.3. The first-order valence-corrected chi connectivity index (χ1v) is 11.6. The van der Waals surface area contributed by atoms with E-state index in [0.717, 1.165) is 17.3 Å². The molecule has 0 N–H and O–H groups in total. The maximum Gasteiger partial charge on any atom is 0.167 e. The van der Waals surface area contributed by atoms with Crippen molar-refractivity contribution in [1.82, 2.24) is 9.78 Å². The normalized spacial score (nSPS) is 13.0. The number of hydrogen-bond acceptors (Lipinski definition) is 4. The van der Waals surface area contributed by atoms with E-state index >= 15 is 0 Å². The van der Waals surface area contributed by atoms with E-state index in [1.165, 1.54) is 6.07 Å². The summed E-state index contributed by atoms with van der Waals surface area (Å²) in [4.78, 5) is 0. The van der Waals surface area contributed by atoms with E-state index < -0.39 is 13.9 Å². The summed E-state index contributed by atoms with van der Waals surface area (Å²) in [6.07, 6.45) is 1.83. The Morgan fingerprint density at radius 1 is 1.38 bits per heavy atom. The fourth-order valence-electron chi connectivity index (χ4n) is 2.54. The van der Waals surface area contributed by atoms with Gasteiger partial charge in [0.15, 0.2) is 11.6 Å². The van der Waals surface area contributed by atoms with Crippen LogP contribution in [-0.4, -0.2) is 24.5 Å². The van der Waals surface area contributed by atoms with Crippen molar-refractivity contribution in [2.75, 3.05) is 6.61 Å². The highest BCUT2D eigenvalue weighted by Crippen LogP contribution is 2.39. The minimum absolute atomic E-state index is 0.181. The number of rotatable bonds is 5. The number of nitrogens with zero attached hydrogens (tertiary/aromatic N) is 3. The van der Waals surface area contributed by atoms with Crippen molar-refractivity contribution in [3.63, 3.8) is 0 Å². The van der Waals surface area contributed by atoms with Crippen molar-refractivity contribution < 1.29 is 13.9 Å². The first-order chi connectivity index (χ1) is 11.4. The second-order valence-electron chi connectivity index (χ2n) is 7.11. The average Bonchev–Trinajstić information content (AvgIpc) is 2.94. The van der Waals surface area contributed by atoms with Gasteiger partial charge in [-0.1, -0.05) is 19.6 Å². The first kappa shape index (κ1) is 16.7. The molecule has 0 bridgehead atoms. The SMILES string of the molecule is C[Si](C)(C)CCOCn1cc2c(n1)COc1c(F)cc(C#N)cc1-2. The highest BCUT2D eigenvalue weighted by Gasteiger charge is 2.24. The van der Waals surface area contributed by atoms with Crippen molar-refractivity contribution in [3.8, 4) is 22.9 Å². The molecule has 0 spiro atoms. The van der Waals surface area contributed by atoms with Crippen LogP contribution in [-0.2, 0) is 18.1 Å². The second-order valence-corrected chi connectivity index (χ2v) is 12.7. The zero-order valence-electron chi connectivity index (χ0n) is 14.1. The first-order valence-electron chi connectivity index (χ1n) is 7.88. The van der Waals surface area contributed by atoms with Crippen molar-refractivity contribution in [3.05, 3.63) is 35.4 Å². The molecular formula is C17H20FN3O2Si. The van der Waals surface area contributed by atoms with E-state index in [2.05, 4.69) is 24.7 Å². The summed E-state index contributed by atoms with van der Waals surface area (Å²) in [5.74, 6) is -0.338. The lowest BCUT2D eigenvalue weighted by atomic mass is 10.0. The van der Waals surface area contributed by atoms with Crippen LogP contribution in [0.3, 0.4) is 0 Å². The molecule has 7 heteroatoms. The molecule has 5 nitrogen and oxygen atoms in total. The van der Waals surface area contributed by atoms with Gasteiger partial charge in [0.25, 0.3) is 0 Å². The monoisotopic (exact) mass is 345 g/mol. The van der Waals surface area contributed by atoms with Crippen LogP contribution < -0.4 is 4.74 Å². The molecule has 2 heterocycles. The van der Waals surface area contributed by atoms with Crippen LogP contribution in [0.25, 0.3) is 11.1 Å². The van der Waals surface area contributed by atoms with Gasteiger partial charge in [0.1, 0.15) is 19.0 Å². The molecule has 0 radical (unpaired) electrons. The minimum atomic E-state index is -1.12. The summed E-state index contributed by atoms with van der Waals surface area (Å²) < 4.78 is 26.9. The molecule has 1 aromatic heterocycles. The van der Waals surface area contributed by atoms with Gasteiger partial charge in [-0.3, -0.25) is 0 Å². The fourth-order valence-corrected chi connectivity index (χ4v) is 3.30. The van der Waals surface area contributed by atoms with Crippen LogP contribution in [0.15, 0.2) is 18.3 Å². The Bertz CT molecular complexity index is 805. The van der Waals surface area contributed by atoms with Crippen molar-refractivity contribution in [2.24, 2.45) is 0 Å². The smallest absolute Gasteiger partial charge is 0.167 e. The van der Waals surface area contributed by atoms with E-state index in [0.29, 0.717) is 18.9 Å². The zero-order chi connectivity index (χ0) is 17.3. The highest BCUT2D eigenvalue weighted by molar-refractivity contribution is 6.76. The predicted molar refractivity (Wildman–Crippen MR) is 90.8 cm³/mol. The topological polar surface area (TPSA) is 60.1 Å². The van der Waals surface area contributed by atoms with E-state index in [-0.39, 0.29) is 17.9 Å². The maximum atomic E-state index is 14.1. The Kier molecular flexibility index (Phi) is 4.43. The summed E-state index contributed by atoms with van der Waals surface area (Å²) >= 11 is 0. The van der Waals surface area contributed by atoms with Crippen LogP contribution >= 0.6 is 0 Å². The van der Waals surface area contributed by atoms with Crippen molar-refractivity contribution in [1.29, 1.82) is 5.26 Å². The molecule has 1 aromatic carbocycles. The van der Waals surface area contributed by atoms with Gasteiger partial charge in [0, 0.05) is 32.0 Å². The van der Waals surface area contributed by atoms with Gasteiger partial charge >= 0.3 is 0 Å². The average molecular weight is 345 g/mol. The maximum absolute atomic E-state index is 14.1. The zero-order valence-corrected chi connectivity index (χ0v) is 15.1. The van der Waals surface area contributed by atoms with Gasteiger partial charge in [-0.2, -0.15) is 10.4 Å². The Labute approximate surface area is 141 Å². The number of benzene rings is 1. The fraction of sp³-hybridized carbons (Fsp3) is 0.412. The Morgan fingerprint density at radius 2 is 2.17 bits per heavy atom. The number of fused-ring (bicyclic) bond motifs is 3. The van der Waals surface area contributed by atoms with Crippen LogP contribution in [0, 0.1) is 17.1 Å². The molecule has 0 saturated carbocycles. The van der Waals surface area contributed by atoms with Crippen LogP contribution in [0.5, 0.6) is 5.75 Å². The summed E-state index contributed by atoms with van der Waals surface area (Å²) in [6, 6.07) is 5.88. The van der Waals surface area contributed by atoms with Gasteiger partial charge in [0.05, 0.1) is 11.6 Å². The molecule has 126 valence electrons. The largest absolute Gasteiger partial charge is 0.483 e. The molecule has 24 heavy (non-hydrogen) atoms. The Hall–Kier alpha value is -2.17. The standard InChI is InChI=1S/C17H20FN3O2Si/c1-24(2,3)5-4-22-11-21-9-14-13-6-12(8-19)7-15(18)17(13)23-10-16(14)20-21/h6-7,9H,4-5,10-11H2,1-3H3. The lowest BCUT2D eigenvalue weighted by Gasteiger charge is -2.17. The number of ether oxygens (including phenoxy) is 2. The molecule has 0 saturated heterocycles. The van der Waals surface area contributed by atoms with E-state index in [1.54, 1.807) is 10.7 Å². The molecule has 1 aliphatic heterocycles. The number of nitriles is 1. The van der Waals surface area contributed by atoms with Crippen molar-refractivity contribution in [2.45, 2.75) is 39.0 Å². The summed E-state index contributed by atoms with van der Waals surface area (Å²) in [5, 5.41) is 13.5. The Morgan fingerprint density at radius 3 is 2.88 bits per heavy atom. The van der Waals surface area contributed by atoms with Gasteiger partial charge in [-0.15, -0.1) is 0 Å². The molecule has 3 rings (SSSR count). The van der Waals surface area contributed by atoms with Crippen LogP contribution in [0.2, 0.25) is 25.7 Å². The van der Waals surface area contributed by atoms with Crippen LogP contribution in [0.1, 0.15) is 11.3 Å². The van der Waals surface area contributed by atoms with Gasteiger partial charge in [-0.25, -0.2) is 9.07 Å². The quantitative estimate of drug-likeness (QED) is 0.611. The number of halogens is 1. The summed E-state index contributed by atoms with van der Waals surface area (Å²) in [7, 11) is -1.12. The lowest BCUT2D eigenvalue weighted by Crippen LogP contribution is -2.22. The summed E-state index contributed by atoms with van der Waals surface area (Å²) in [6.45, 7) is 8.19. The van der Waals surface area contributed by atoms with E-state index in [1.807, 2.05) is 12.3 Å². The number of hydrogen-bond donors (Lipinski definition) is 0. The van der Waals surface area contributed by atoms with Crippen molar-refractivity contribution >= 4 is 8.07 Å². The molecule has 0 fully saturated rings. The van der Waals surface area contributed by atoms with Gasteiger partial charge in [-0.05, 0) is 18.2 Å². The molecule has 2 aromatic rings. The van der Waals surface area contributed by atoms with E-state index in [4.69, 9.17) is 14.7 Å². The van der Waals surface area contributed by atoms with Gasteiger partial charge in [0.2, 0.25) is 0 Å². The lowest BCUT2D eigenvalue weighted by molar-refractivity contribution is 0.0780. The molecule has 0 aliphatic carbocycles. The van der Waals surface area contributed by atoms with Crippen LogP contribution in [0.4, 0.5) is 4.39 Å². The molecule has 0 unspecified atom stereocenters. The minimum Gasteiger partial charge on any atom is -0.483 e. The molecule has 0 amide bonds. The third-order valence-corrected chi connectivity index (χ3v) is 5.58. The third-order valence-electron chi connectivity index (χ3n) is 3.87. The molecular weight excluding hydrogens is 325 g/mol. The molecule has 0 atom stereocenters. The number of aromatic nitrogens is 2. The van der Waals surface area contributed by atoms with Gasteiger partial charge < -0.3 is 9.47 Å². The second kappa shape index (κ2) is 6.38. The van der Waals surface area contributed by atoms with E-state index in [9.17, 15) is 4.39 Å². The molecule has 1 aliphatic rings. The third kappa shape index (κ3) is 3.50. The Balaban J connectivity index is 1.79.